The van der Waals surface area contributed by atoms with Crippen LogP contribution in [0.2, 0.25) is 0 Å². The highest BCUT2D eigenvalue weighted by atomic mass is 16.2. The van der Waals surface area contributed by atoms with Crippen molar-refractivity contribution in [2.24, 2.45) is 0 Å². The molecule has 84 heavy (non-hydrogen) atoms. The molecule has 4 N–H and O–H groups in total. The summed E-state index contributed by atoms with van der Waals surface area (Å²) in [6.45, 7) is 11.3. The second-order valence-corrected chi connectivity index (χ2v) is 26.2. The third-order valence-corrected chi connectivity index (χ3v) is 17.6. The summed E-state index contributed by atoms with van der Waals surface area (Å²) < 4.78 is 0. The first-order valence-electron chi connectivity index (χ1n) is 38.5. The van der Waals surface area contributed by atoms with E-state index in [2.05, 4.69) is 49.0 Å². The third-order valence-electron chi connectivity index (χ3n) is 17.6. The molecule has 0 aromatic rings. The molecular formula is C76H152N4O4. The van der Waals surface area contributed by atoms with Crippen molar-refractivity contribution in [3.8, 4) is 0 Å². The maximum atomic E-state index is 12.0. The topological polar surface area (TPSA) is 116 Å². The minimum atomic E-state index is 0.126. The van der Waals surface area contributed by atoms with Gasteiger partial charge in [-0.3, -0.25) is 19.2 Å². The Morgan fingerprint density at radius 3 is 0.357 bits per heavy atom. The highest BCUT2D eigenvalue weighted by Crippen LogP contribution is 2.18. The molecule has 0 aliphatic carbocycles. The smallest absolute Gasteiger partial charge is 0.220 e. The maximum Gasteiger partial charge on any atom is 0.220 e. The van der Waals surface area contributed by atoms with Crippen LogP contribution in [0.1, 0.15) is 439 Å². The highest BCUT2D eigenvalue weighted by molar-refractivity contribution is 5.77. The molecule has 8 nitrogen and oxygen atoms in total. The molecule has 500 valence electrons. The van der Waals surface area contributed by atoms with E-state index in [1.807, 2.05) is 0 Å². The Morgan fingerprint density at radius 2 is 0.250 bits per heavy atom. The van der Waals surface area contributed by atoms with Crippen molar-refractivity contribution >= 4 is 23.6 Å². The molecule has 0 unspecified atom stereocenters. The van der Waals surface area contributed by atoms with Crippen LogP contribution in [0.15, 0.2) is 0 Å². The van der Waals surface area contributed by atoms with Crippen molar-refractivity contribution in [3.05, 3.63) is 0 Å². The SMILES string of the molecule is CCCCCCCCCCCCCCCCCC(=O)NCCNC(=O)CCCCCCCCCCCCCCCCC.CCCCCCCCCCCCCCCCCC(=O)NCCNC(=O)CCCCCCCCCCCCCCCCC. The molecule has 0 fully saturated rings. The summed E-state index contributed by atoms with van der Waals surface area (Å²) in [5, 5.41) is 11.8. The Kier molecular flexibility index (Phi) is 76.9. The van der Waals surface area contributed by atoms with Gasteiger partial charge in [-0.1, -0.05) is 387 Å². The predicted molar refractivity (Wildman–Crippen MR) is 370 cm³/mol. The average Bonchev–Trinajstić information content (AvgIpc) is 3.49. The fraction of sp³-hybridized carbons (Fsp3) is 0.947. The van der Waals surface area contributed by atoms with Crippen molar-refractivity contribution in [3.63, 3.8) is 0 Å². The summed E-state index contributed by atoms with van der Waals surface area (Å²) in [4.78, 5) is 48.1. The van der Waals surface area contributed by atoms with Gasteiger partial charge in [0.05, 0.1) is 0 Å². The normalized spacial score (nSPS) is 11.2. The number of unbranched alkanes of at least 4 members (excludes halogenated alkanes) is 56. The van der Waals surface area contributed by atoms with Crippen LogP contribution in [-0.4, -0.2) is 49.8 Å². The van der Waals surface area contributed by atoms with Gasteiger partial charge in [0.25, 0.3) is 0 Å². The lowest BCUT2D eigenvalue weighted by Crippen LogP contribution is -2.34. The molecule has 8 heteroatoms. The number of carbonyl (C=O) groups is 4. The highest BCUT2D eigenvalue weighted by Gasteiger charge is 2.06. The van der Waals surface area contributed by atoms with E-state index >= 15 is 0 Å². The molecule has 0 heterocycles. The van der Waals surface area contributed by atoms with Crippen molar-refractivity contribution in [1.29, 1.82) is 0 Å². The molecule has 0 saturated heterocycles. The monoisotopic (exact) mass is 1190 g/mol. The second kappa shape index (κ2) is 77.0. The first kappa shape index (κ1) is 83.9. The molecule has 0 rings (SSSR count). The van der Waals surface area contributed by atoms with E-state index in [0.717, 1.165) is 51.4 Å². The standard InChI is InChI=1S/2C38H76N2O2/c2*1-3-5-7-9-11-13-15-17-19-21-23-25-27-29-31-33-37(41)39-35-36-40-38(42)34-32-30-28-26-24-22-20-18-16-14-12-10-8-6-4-2/h2*3-36H2,1-2H3,(H,39,41)(H,40,42). The number of hydrogen-bond donors (Lipinski definition) is 4. The lowest BCUT2D eigenvalue weighted by atomic mass is 10.0. The average molecular weight is 1190 g/mol. The van der Waals surface area contributed by atoms with Gasteiger partial charge >= 0.3 is 0 Å². The molecule has 0 spiro atoms. The number of hydrogen-bond acceptors (Lipinski definition) is 4. The Hall–Kier alpha value is -2.12. The van der Waals surface area contributed by atoms with E-state index < -0.39 is 0 Å². The summed E-state index contributed by atoms with van der Waals surface area (Å²) in [6, 6.07) is 0. The molecule has 0 aromatic carbocycles. The van der Waals surface area contributed by atoms with Crippen molar-refractivity contribution < 1.29 is 19.2 Å². The van der Waals surface area contributed by atoms with Crippen LogP contribution in [0.25, 0.3) is 0 Å². The Labute approximate surface area is 526 Å². The quantitative estimate of drug-likeness (QED) is 0.0454. The number of nitrogens with one attached hydrogen (secondary N) is 4. The number of carbonyl (C=O) groups excluding carboxylic acids is 4. The molecule has 0 aliphatic heterocycles. The molecule has 0 bridgehead atoms. The van der Waals surface area contributed by atoms with Gasteiger partial charge in [0, 0.05) is 51.9 Å². The van der Waals surface area contributed by atoms with Gasteiger partial charge in [-0.25, -0.2) is 0 Å². The van der Waals surface area contributed by atoms with Gasteiger partial charge in [-0.05, 0) is 25.7 Å². The lowest BCUT2D eigenvalue weighted by Gasteiger charge is -2.07. The van der Waals surface area contributed by atoms with E-state index in [4.69, 9.17) is 0 Å². The van der Waals surface area contributed by atoms with E-state index in [1.54, 1.807) is 0 Å². The third kappa shape index (κ3) is 77.9. The van der Waals surface area contributed by atoms with Gasteiger partial charge in [0.2, 0.25) is 23.6 Å². The minimum Gasteiger partial charge on any atom is -0.354 e. The first-order valence-corrected chi connectivity index (χ1v) is 38.5. The van der Waals surface area contributed by atoms with Crippen LogP contribution >= 0.6 is 0 Å². The Bertz CT molecular complexity index is 1100. The Balaban J connectivity index is 0. The van der Waals surface area contributed by atoms with Gasteiger partial charge in [-0.15, -0.1) is 0 Å². The summed E-state index contributed by atoms with van der Waals surface area (Å²) in [5.41, 5.74) is 0. The molecular weight excluding hydrogens is 1030 g/mol. The fourth-order valence-corrected chi connectivity index (χ4v) is 11.8. The molecule has 0 aliphatic rings. The van der Waals surface area contributed by atoms with Crippen molar-refractivity contribution in [2.45, 2.75) is 439 Å². The fourth-order valence-electron chi connectivity index (χ4n) is 11.8. The van der Waals surface area contributed by atoms with E-state index in [0.29, 0.717) is 51.9 Å². The van der Waals surface area contributed by atoms with Crippen LogP contribution in [0.3, 0.4) is 0 Å². The second-order valence-electron chi connectivity index (χ2n) is 26.2. The zero-order chi connectivity index (χ0) is 61.2. The van der Waals surface area contributed by atoms with E-state index in [9.17, 15) is 19.2 Å². The van der Waals surface area contributed by atoms with Gasteiger partial charge in [0.1, 0.15) is 0 Å². The molecule has 0 saturated carbocycles. The van der Waals surface area contributed by atoms with Gasteiger partial charge < -0.3 is 21.3 Å². The first-order chi connectivity index (χ1) is 41.4. The van der Waals surface area contributed by atoms with Crippen LogP contribution in [-0.2, 0) is 19.2 Å². The zero-order valence-corrected chi connectivity index (χ0v) is 57.7. The van der Waals surface area contributed by atoms with Crippen LogP contribution in [0, 0.1) is 0 Å². The largest absolute Gasteiger partial charge is 0.354 e. The van der Waals surface area contributed by atoms with E-state index in [1.165, 1.54) is 334 Å². The van der Waals surface area contributed by atoms with Gasteiger partial charge in [0.15, 0.2) is 0 Å². The van der Waals surface area contributed by atoms with Crippen LogP contribution in [0.4, 0.5) is 0 Å². The number of amides is 4. The molecule has 4 amide bonds. The zero-order valence-electron chi connectivity index (χ0n) is 57.7. The van der Waals surface area contributed by atoms with E-state index in [-0.39, 0.29) is 23.6 Å². The van der Waals surface area contributed by atoms with Crippen LogP contribution in [0.5, 0.6) is 0 Å². The van der Waals surface area contributed by atoms with Crippen LogP contribution < -0.4 is 21.3 Å². The lowest BCUT2D eigenvalue weighted by molar-refractivity contribution is -0.123. The van der Waals surface area contributed by atoms with Gasteiger partial charge in [-0.2, -0.15) is 0 Å². The van der Waals surface area contributed by atoms with Crippen molar-refractivity contribution in [1.82, 2.24) is 21.3 Å². The summed E-state index contributed by atoms with van der Waals surface area (Å²) >= 11 is 0. The molecule has 0 aromatic heterocycles. The number of rotatable bonds is 70. The molecule has 0 atom stereocenters. The maximum absolute atomic E-state index is 12.0. The summed E-state index contributed by atoms with van der Waals surface area (Å²) in [5.74, 6) is 0.505. The Morgan fingerprint density at radius 1 is 0.155 bits per heavy atom. The predicted octanol–water partition coefficient (Wildman–Crippen LogP) is 23.5. The van der Waals surface area contributed by atoms with Crippen molar-refractivity contribution in [2.75, 3.05) is 26.2 Å². The summed E-state index contributed by atoms with van der Waals surface area (Å²) in [6.07, 6.45) is 82.9. The summed E-state index contributed by atoms with van der Waals surface area (Å²) in [7, 11) is 0. The minimum absolute atomic E-state index is 0.126. The molecule has 0 radical (unpaired) electrons.